The van der Waals surface area contributed by atoms with Gasteiger partial charge in [0.15, 0.2) is 5.78 Å². The third-order valence-corrected chi connectivity index (χ3v) is 11.6. The number of amides is 2. The predicted octanol–water partition coefficient (Wildman–Crippen LogP) is 9.60. The molecule has 0 fully saturated rings. The fourth-order valence-electron chi connectivity index (χ4n) is 7.31. The first-order chi connectivity index (χ1) is 29.1. The van der Waals surface area contributed by atoms with Crippen LogP contribution in [0.25, 0.3) is 22.0 Å². The number of ether oxygens (including phenoxy) is 1. The number of ketones is 1. The molecular formula is C46H45ClN6O5S2. The van der Waals surface area contributed by atoms with Crippen LogP contribution in [0.15, 0.2) is 113 Å². The van der Waals surface area contributed by atoms with E-state index in [1.807, 2.05) is 77.0 Å². The van der Waals surface area contributed by atoms with Gasteiger partial charge < -0.3 is 25.1 Å². The Bertz CT molecular complexity index is 2480. The Morgan fingerprint density at radius 3 is 2.53 bits per heavy atom. The summed E-state index contributed by atoms with van der Waals surface area (Å²) in [7, 11) is 0. The number of pyridine rings is 1. The molecule has 4 aromatic carbocycles. The maximum atomic E-state index is 12.9. The summed E-state index contributed by atoms with van der Waals surface area (Å²) in [6.45, 7) is 4.81. The van der Waals surface area contributed by atoms with Crippen LogP contribution >= 0.6 is 35.6 Å². The fraction of sp³-hybridized carbons (Fsp3) is 0.261. The molecule has 7 rings (SSSR count). The number of fused-ring (bicyclic) bond motifs is 2. The second-order valence-corrected chi connectivity index (χ2v) is 16.4. The van der Waals surface area contributed by atoms with Crippen LogP contribution in [0.3, 0.4) is 0 Å². The third kappa shape index (κ3) is 10.8. The molecule has 0 aliphatic carbocycles. The van der Waals surface area contributed by atoms with Crippen LogP contribution in [0.5, 0.6) is 0 Å². The highest BCUT2D eigenvalue weighted by atomic mass is 35.5. The van der Waals surface area contributed by atoms with Crippen molar-refractivity contribution in [1.82, 2.24) is 15.3 Å². The van der Waals surface area contributed by atoms with Crippen molar-refractivity contribution in [3.05, 3.63) is 135 Å². The number of nitrogens with one attached hydrogen (secondary N) is 2. The first-order valence-corrected chi connectivity index (χ1v) is 21.5. The number of carbonyl (C=O) groups is 3. The molecule has 1 aliphatic heterocycles. The van der Waals surface area contributed by atoms with Crippen molar-refractivity contribution in [2.75, 3.05) is 36.6 Å². The van der Waals surface area contributed by atoms with E-state index in [2.05, 4.69) is 51.4 Å². The Morgan fingerprint density at radius 2 is 1.77 bits per heavy atom. The van der Waals surface area contributed by atoms with E-state index in [1.54, 1.807) is 49.0 Å². The quantitative estimate of drug-likeness (QED) is 0.0272. The summed E-state index contributed by atoms with van der Waals surface area (Å²) in [6.07, 6.45) is 7.64. The van der Waals surface area contributed by atoms with Crippen LogP contribution in [0.1, 0.15) is 76.0 Å². The van der Waals surface area contributed by atoms with Gasteiger partial charge in [-0.1, -0.05) is 35.0 Å². The molecule has 14 heteroatoms. The van der Waals surface area contributed by atoms with E-state index in [-0.39, 0.29) is 42.9 Å². The maximum Gasteiger partial charge on any atom is 0.251 e. The molecule has 0 saturated carbocycles. The number of oxime groups is 1. The first-order valence-electron chi connectivity index (χ1n) is 19.7. The number of carbonyl (C=O) groups excluding carboxylic acids is 3. The van der Waals surface area contributed by atoms with Crippen molar-refractivity contribution in [2.45, 2.75) is 56.5 Å². The Morgan fingerprint density at radius 1 is 0.967 bits per heavy atom. The van der Waals surface area contributed by atoms with Crippen molar-refractivity contribution in [3.63, 3.8) is 0 Å². The predicted molar refractivity (Wildman–Crippen MR) is 242 cm³/mol. The van der Waals surface area contributed by atoms with E-state index in [0.29, 0.717) is 46.1 Å². The lowest BCUT2D eigenvalue weighted by Gasteiger charge is -2.39. The second-order valence-electron chi connectivity index (χ2n) is 14.5. The molecular weight excluding hydrogens is 816 g/mol. The van der Waals surface area contributed by atoms with Crippen molar-refractivity contribution in [1.29, 1.82) is 0 Å². The van der Waals surface area contributed by atoms with Crippen molar-refractivity contribution < 1.29 is 24.0 Å². The normalized spacial score (nSPS) is 14.9. The molecule has 0 saturated heterocycles. The van der Waals surface area contributed by atoms with Crippen molar-refractivity contribution in [2.24, 2.45) is 5.16 Å². The number of anilines is 2. The van der Waals surface area contributed by atoms with Gasteiger partial charge in [-0.15, -0.1) is 24.0 Å². The van der Waals surface area contributed by atoms with Crippen LogP contribution in [-0.2, 0) is 20.8 Å². The highest BCUT2D eigenvalue weighted by molar-refractivity contribution is 7.80. The molecule has 3 heterocycles. The lowest BCUT2D eigenvalue weighted by Crippen LogP contribution is -2.43. The molecule has 0 unspecified atom stereocenters. The number of halogens is 1. The Kier molecular flexibility index (Phi) is 14.2. The zero-order chi connectivity index (χ0) is 42.0. The summed E-state index contributed by atoms with van der Waals surface area (Å²) in [5, 5.41) is 15.0. The minimum atomic E-state index is -0.202. The van der Waals surface area contributed by atoms with Crippen LogP contribution in [-0.4, -0.2) is 66.2 Å². The molecule has 2 N–H and O–H groups in total. The van der Waals surface area contributed by atoms with E-state index < -0.39 is 0 Å². The SMILES string of the molecule is CC(=O)N1c2ccc(-c3ccc(C(=O)NCCOCCO/N=C/c4cc(S)c5ncc(C(=O)CCCc6nccs6)cc5c4)cc3)cc2[C@H](Nc2ccc(Cl)cc2)C[C@@H]1C. The lowest BCUT2D eigenvalue weighted by molar-refractivity contribution is -0.117. The van der Waals surface area contributed by atoms with Crippen LogP contribution in [0.4, 0.5) is 11.4 Å². The summed E-state index contributed by atoms with van der Waals surface area (Å²) in [4.78, 5) is 55.1. The van der Waals surface area contributed by atoms with Gasteiger partial charge in [0.2, 0.25) is 5.91 Å². The number of hydrogen-bond donors (Lipinski definition) is 3. The molecule has 308 valence electrons. The number of Topliss-reactive ketones (excluding diaryl/α,β-unsaturated/α-hetero) is 1. The number of rotatable bonds is 17. The number of hydrogen-bond acceptors (Lipinski definition) is 11. The summed E-state index contributed by atoms with van der Waals surface area (Å²) in [6, 6.07) is 26.8. The van der Waals surface area contributed by atoms with E-state index in [0.717, 1.165) is 63.3 Å². The third-order valence-electron chi connectivity index (χ3n) is 10.2. The summed E-state index contributed by atoms with van der Waals surface area (Å²) in [5.41, 5.74) is 7.37. The smallest absolute Gasteiger partial charge is 0.251 e. The van der Waals surface area contributed by atoms with E-state index >= 15 is 0 Å². The van der Waals surface area contributed by atoms with Gasteiger partial charge in [-0.05, 0) is 115 Å². The molecule has 11 nitrogen and oxygen atoms in total. The average Bonchev–Trinajstić information content (AvgIpc) is 3.77. The number of aryl methyl sites for hydroxylation is 1. The highest BCUT2D eigenvalue weighted by Gasteiger charge is 2.32. The van der Waals surface area contributed by atoms with E-state index in [1.165, 1.54) is 0 Å². The monoisotopic (exact) mass is 860 g/mol. The van der Waals surface area contributed by atoms with Crippen LogP contribution in [0.2, 0.25) is 5.02 Å². The number of benzene rings is 4. The maximum absolute atomic E-state index is 12.9. The highest BCUT2D eigenvalue weighted by Crippen LogP contribution is 2.41. The average molecular weight is 861 g/mol. The van der Waals surface area contributed by atoms with Gasteiger partial charge in [0.25, 0.3) is 5.91 Å². The molecule has 2 amide bonds. The Hall–Kier alpha value is -5.60. The minimum absolute atomic E-state index is 0.00421. The zero-order valence-corrected chi connectivity index (χ0v) is 35.7. The molecule has 0 spiro atoms. The Balaban J connectivity index is 0.853. The van der Waals surface area contributed by atoms with Gasteiger partial charge in [-0.3, -0.25) is 19.4 Å². The molecule has 2 atom stereocenters. The second kappa shape index (κ2) is 20.1. The summed E-state index contributed by atoms with van der Waals surface area (Å²) in [5.74, 6) is -0.158. The van der Waals surface area contributed by atoms with Crippen molar-refractivity contribution >= 4 is 81.7 Å². The number of nitrogens with zero attached hydrogens (tertiary/aromatic N) is 4. The van der Waals surface area contributed by atoms with Gasteiger partial charge >= 0.3 is 0 Å². The fourth-order valence-corrected chi connectivity index (χ4v) is 8.44. The zero-order valence-electron chi connectivity index (χ0n) is 33.3. The molecule has 60 heavy (non-hydrogen) atoms. The Labute approximate surface area is 363 Å². The largest absolute Gasteiger partial charge is 0.393 e. The van der Waals surface area contributed by atoms with Gasteiger partial charge in [0.1, 0.15) is 6.61 Å². The van der Waals surface area contributed by atoms with Crippen LogP contribution in [0, 0.1) is 0 Å². The van der Waals surface area contributed by atoms with Crippen molar-refractivity contribution in [3.8, 4) is 11.1 Å². The molecule has 2 aromatic heterocycles. The molecule has 0 bridgehead atoms. The minimum Gasteiger partial charge on any atom is -0.393 e. The standard InChI is InChI=1S/C46H45ClN6O5S2/c1-29-22-40(52-38-13-11-37(47)12-14-38)39-26-34(10-15-41(39)53(29)30(2)54)32-6-8-33(9-7-32)46(56)49-16-18-57-19-20-58-51-27-31-23-35-25-36(28-50-45(35)43(59)24-31)42(55)4-3-5-44-48-17-21-60-44/h6-15,17,21,23-29,40,52,59H,3-5,16,18-20,22H2,1-2H3,(H,49,56)/b51-27+/t29-,40+/m0/s1. The van der Waals surface area contributed by atoms with Gasteiger partial charge in [0, 0.05) is 81.5 Å². The number of thiol groups is 1. The topological polar surface area (TPSA) is 135 Å². The van der Waals surface area contributed by atoms with E-state index in [9.17, 15) is 14.4 Å². The first kappa shape index (κ1) is 42.5. The van der Waals surface area contributed by atoms with Gasteiger partial charge in [0.05, 0.1) is 36.0 Å². The summed E-state index contributed by atoms with van der Waals surface area (Å²) >= 11 is 12.3. The number of aromatic nitrogens is 2. The lowest BCUT2D eigenvalue weighted by atomic mass is 9.88. The van der Waals surface area contributed by atoms with Crippen LogP contribution < -0.4 is 15.5 Å². The molecule has 1 aliphatic rings. The van der Waals surface area contributed by atoms with E-state index in [4.69, 9.17) is 21.2 Å². The summed E-state index contributed by atoms with van der Waals surface area (Å²) < 4.78 is 5.63. The van der Waals surface area contributed by atoms with Gasteiger partial charge in [-0.25, -0.2) is 4.98 Å². The molecule has 0 radical (unpaired) electrons. The number of thiazole rings is 1. The molecule has 6 aromatic rings. The van der Waals surface area contributed by atoms with Gasteiger partial charge in [-0.2, -0.15) is 0 Å².